The van der Waals surface area contributed by atoms with Gasteiger partial charge in [-0.3, -0.25) is 4.79 Å². The molecule has 0 aliphatic carbocycles. The summed E-state index contributed by atoms with van der Waals surface area (Å²) in [5.74, 6) is 0.125. The highest BCUT2D eigenvalue weighted by molar-refractivity contribution is 9.10. The normalized spacial score (nSPS) is 26.8. The van der Waals surface area contributed by atoms with Crippen molar-refractivity contribution in [3.05, 3.63) is 34.3 Å². The van der Waals surface area contributed by atoms with Gasteiger partial charge in [0.15, 0.2) is 0 Å². The number of halogens is 1. The Balaban J connectivity index is 1.76. The zero-order chi connectivity index (χ0) is 13.9. The van der Waals surface area contributed by atoms with E-state index in [0.717, 1.165) is 30.4 Å². The molecule has 2 unspecified atom stereocenters. The van der Waals surface area contributed by atoms with Crippen molar-refractivity contribution in [2.45, 2.75) is 25.0 Å². The number of amides is 1. The minimum Gasteiger partial charge on any atom is -0.366 e. The molecule has 2 heterocycles. The van der Waals surface area contributed by atoms with Gasteiger partial charge in [-0.2, -0.15) is 0 Å². The molecular weight excluding hydrogens is 320 g/mol. The molecule has 0 spiro atoms. The van der Waals surface area contributed by atoms with Crippen molar-refractivity contribution in [2.75, 3.05) is 26.2 Å². The molecule has 2 aliphatic rings. The lowest BCUT2D eigenvalue weighted by Crippen LogP contribution is -2.49. The minimum absolute atomic E-state index is 0.125. The summed E-state index contributed by atoms with van der Waals surface area (Å²) in [6, 6.07) is 8.43. The Bertz CT molecular complexity index is 489. The molecule has 0 aromatic heterocycles. The summed E-state index contributed by atoms with van der Waals surface area (Å²) in [7, 11) is 0. The van der Waals surface area contributed by atoms with Gasteiger partial charge in [-0.05, 0) is 30.5 Å². The number of nitrogens with zero attached hydrogens (tertiary/aromatic N) is 1. The van der Waals surface area contributed by atoms with Crippen LogP contribution in [0.3, 0.4) is 0 Å². The Morgan fingerprint density at radius 1 is 1.45 bits per heavy atom. The summed E-state index contributed by atoms with van der Waals surface area (Å²) in [4.78, 5) is 14.6. The fourth-order valence-corrected chi connectivity index (χ4v) is 3.42. The van der Waals surface area contributed by atoms with E-state index in [2.05, 4.69) is 33.4 Å². The average Bonchev–Trinajstić information content (AvgIpc) is 2.97. The Morgan fingerprint density at radius 2 is 2.35 bits per heavy atom. The second kappa shape index (κ2) is 6.24. The SMILES string of the molecule is O=C(C1CNCCO1)N1CCCC1c1cccc(Br)c1. The number of carbonyl (C=O) groups excluding carboxylic acids is 1. The largest absolute Gasteiger partial charge is 0.366 e. The smallest absolute Gasteiger partial charge is 0.253 e. The van der Waals surface area contributed by atoms with Crippen LogP contribution in [0, 0.1) is 0 Å². The number of likely N-dealkylation sites (tertiary alicyclic amines) is 1. The molecule has 20 heavy (non-hydrogen) atoms. The number of morpholine rings is 1. The standard InChI is InChI=1S/C15H19BrN2O2/c16-12-4-1-3-11(9-12)13-5-2-7-18(13)15(19)14-10-17-6-8-20-14/h1,3-4,9,13-14,17H,2,5-8,10H2. The molecule has 1 amide bonds. The number of benzene rings is 1. The maximum atomic E-state index is 12.6. The van der Waals surface area contributed by atoms with Crippen LogP contribution in [0.5, 0.6) is 0 Å². The lowest BCUT2D eigenvalue weighted by molar-refractivity contribution is -0.146. The number of ether oxygens (including phenoxy) is 1. The lowest BCUT2D eigenvalue weighted by atomic mass is 10.0. The molecule has 2 aliphatic heterocycles. The molecule has 4 nitrogen and oxygen atoms in total. The van der Waals surface area contributed by atoms with E-state index in [9.17, 15) is 4.79 Å². The van der Waals surface area contributed by atoms with E-state index in [1.165, 1.54) is 5.56 Å². The molecule has 1 aromatic carbocycles. The van der Waals surface area contributed by atoms with Crippen molar-refractivity contribution < 1.29 is 9.53 Å². The summed E-state index contributed by atoms with van der Waals surface area (Å²) < 4.78 is 6.66. The van der Waals surface area contributed by atoms with E-state index in [-0.39, 0.29) is 18.1 Å². The van der Waals surface area contributed by atoms with Crippen molar-refractivity contribution in [1.82, 2.24) is 10.2 Å². The van der Waals surface area contributed by atoms with Gasteiger partial charge in [0.1, 0.15) is 6.10 Å². The molecule has 1 N–H and O–H groups in total. The fraction of sp³-hybridized carbons (Fsp3) is 0.533. The average molecular weight is 339 g/mol. The molecule has 2 atom stereocenters. The molecule has 3 rings (SSSR count). The van der Waals surface area contributed by atoms with E-state index in [0.29, 0.717) is 13.2 Å². The predicted octanol–water partition coefficient (Wildman–Crippen LogP) is 2.10. The number of rotatable bonds is 2. The molecule has 1 aromatic rings. The summed E-state index contributed by atoms with van der Waals surface area (Å²) in [5, 5.41) is 3.22. The van der Waals surface area contributed by atoms with Gasteiger partial charge in [0.25, 0.3) is 5.91 Å². The monoisotopic (exact) mass is 338 g/mol. The zero-order valence-electron chi connectivity index (χ0n) is 11.3. The highest BCUT2D eigenvalue weighted by Gasteiger charge is 2.35. The lowest BCUT2D eigenvalue weighted by Gasteiger charge is -2.31. The molecule has 5 heteroatoms. The number of hydrogen-bond acceptors (Lipinski definition) is 3. The van der Waals surface area contributed by atoms with Crippen molar-refractivity contribution in [1.29, 1.82) is 0 Å². The number of nitrogens with one attached hydrogen (secondary N) is 1. The van der Waals surface area contributed by atoms with Gasteiger partial charge in [0.05, 0.1) is 12.6 Å². The van der Waals surface area contributed by atoms with Gasteiger partial charge in [-0.25, -0.2) is 0 Å². The van der Waals surface area contributed by atoms with Gasteiger partial charge in [0, 0.05) is 24.1 Å². The van der Waals surface area contributed by atoms with Crippen LogP contribution in [0.4, 0.5) is 0 Å². The van der Waals surface area contributed by atoms with Gasteiger partial charge in [-0.1, -0.05) is 28.1 Å². The van der Waals surface area contributed by atoms with Gasteiger partial charge >= 0.3 is 0 Å². The first kappa shape index (κ1) is 14.0. The summed E-state index contributed by atoms with van der Waals surface area (Å²) in [6.07, 6.45) is 1.77. The van der Waals surface area contributed by atoms with Crippen LogP contribution >= 0.6 is 15.9 Å². The highest BCUT2D eigenvalue weighted by Crippen LogP contribution is 2.33. The van der Waals surface area contributed by atoms with E-state index >= 15 is 0 Å². The van der Waals surface area contributed by atoms with Gasteiger partial charge < -0.3 is 15.0 Å². The summed E-state index contributed by atoms with van der Waals surface area (Å²) in [5.41, 5.74) is 1.20. The summed E-state index contributed by atoms with van der Waals surface area (Å²) >= 11 is 3.50. The first-order valence-electron chi connectivity index (χ1n) is 7.14. The second-order valence-electron chi connectivity index (χ2n) is 5.31. The fourth-order valence-electron chi connectivity index (χ4n) is 3.00. The quantitative estimate of drug-likeness (QED) is 0.897. The minimum atomic E-state index is -0.323. The Kier molecular flexibility index (Phi) is 4.38. The van der Waals surface area contributed by atoms with E-state index in [1.807, 2.05) is 17.0 Å². The van der Waals surface area contributed by atoms with Crippen molar-refractivity contribution >= 4 is 21.8 Å². The Labute approximate surface area is 127 Å². The van der Waals surface area contributed by atoms with Crippen LogP contribution in [-0.4, -0.2) is 43.2 Å². The summed E-state index contributed by atoms with van der Waals surface area (Å²) in [6.45, 7) is 2.90. The van der Waals surface area contributed by atoms with E-state index in [4.69, 9.17) is 4.74 Å². The van der Waals surface area contributed by atoms with Crippen molar-refractivity contribution in [3.8, 4) is 0 Å². The molecule has 2 fully saturated rings. The molecular formula is C15H19BrN2O2. The molecule has 108 valence electrons. The maximum Gasteiger partial charge on any atom is 0.253 e. The van der Waals surface area contributed by atoms with E-state index in [1.54, 1.807) is 0 Å². The topological polar surface area (TPSA) is 41.6 Å². The zero-order valence-corrected chi connectivity index (χ0v) is 12.9. The van der Waals surface area contributed by atoms with Crippen LogP contribution in [0.2, 0.25) is 0 Å². The van der Waals surface area contributed by atoms with Crippen LogP contribution in [0.25, 0.3) is 0 Å². The predicted molar refractivity (Wildman–Crippen MR) is 80.4 cm³/mol. The first-order valence-corrected chi connectivity index (χ1v) is 7.93. The molecule has 0 saturated carbocycles. The molecule has 0 radical (unpaired) electrons. The van der Waals surface area contributed by atoms with E-state index < -0.39 is 0 Å². The van der Waals surface area contributed by atoms with Crippen molar-refractivity contribution in [3.63, 3.8) is 0 Å². The third-order valence-corrected chi connectivity index (χ3v) is 4.47. The third-order valence-electron chi connectivity index (χ3n) is 3.97. The van der Waals surface area contributed by atoms with Crippen LogP contribution in [0.1, 0.15) is 24.4 Å². The van der Waals surface area contributed by atoms with Crippen molar-refractivity contribution in [2.24, 2.45) is 0 Å². The number of carbonyl (C=O) groups is 1. The number of hydrogen-bond donors (Lipinski definition) is 1. The van der Waals surface area contributed by atoms with Crippen LogP contribution in [0.15, 0.2) is 28.7 Å². The molecule has 2 saturated heterocycles. The molecule has 0 bridgehead atoms. The Hall–Kier alpha value is -0.910. The van der Waals surface area contributed by atoms with Gasteiger partial charge in [-0.15, -0.1) is 0 Å². The van der Waals surface area contributed by atoms with Crippen LogP contribution in [-0.2, 0) is 9.53 Å². The van der Waals surface area contributed by atoms with Gasteiger partial charge in [0.2, 0.25) is 0 Å². The third kappa shape index (κ3) is 2.90. The van der Waals surface area contributed by atoms with Crippen LogP contribution < -0.4 is 5.32 Å². The second-order valence-corrected chi connectivity index (χ2v) is 6.22. The Morgan fingerprint density at radius 3 is 3.10 bits per heavy atom. The maximum absolute atomic E-state index is 12.6. The highest BCUT2D eigenvalue weighted by atomic mass is 79.9. The first-order chi connectivity index (χ1) is 9.75.